The van der Waals surface area contributed by atoms with Gasteiger partial charge in [-0.3, -0.25) is 4.98 Å². The summed E-state index contributed by atoms with van der Waals surface area (Å²) in [6.07, 6.45) is 18.4. The minimum atomic E-state index is 0.936. The SMILES string of the molecule is CCCCc1ccc(-c2ccc(CCC3CCCC(CCCC)C3)cn2)cc1. The maximum Gasteiger partial charge on any atom is 0.0702 e. The Bertz CT molecular complexity index is 670. The molecule has 2 aromatic rings. The van der Waals surface area contributed by atoms with Gasteiger partial charge in [0.05, 0.1) is 5.69 Å². The molecule has 0 saturated heterocycles. The molecule has 28 heavy (non-hydrogen) atoms. The molecule has 1 aliphatic rings. The Hall–Kier alpha value is -1.63. The molecular formula is C27H39N. The summed E-state index contributed by atoms with van der Waals surface area (Å²) in [5.74, 6) is 1.94. The van der Waals surface area contributed by atoms with E-state index in [0.717, 1.165) is 17.5 Å². The summed E-state index contributed by atoms with van der Waals surface area (Å²) in [5, 5.41) is 0. The third-order valence-electron chi connectivity index (χ3n) is 6.59. The van der Waals surface area contributed by atoms with E-state index in [1.165, 1.54) is 93.7 Å². The molecule has 0 aliphatic heterocycles. The normalized spacial score (nSPS) is 19.6. The van der Waals surface area contributed by atoms with Crippen LogP contribution < -0.4 is 0 Å². The lowest BCUT2D eigenvalue weighted by Crippen LogP contribution is -2.16. The fourth-order valence-electron chi connectivity index (χ4n) is 4.76. The van der Waals surface area contributed by atoms with Crippen molar-refractivity contribution in [3.63, 3.8) is 0 Å². The molecule has 1 aromatic heterocycles. The monoisotopic (exact) mass is 377 g/mol. The van der Waals surface area contributed by atoms with Crippen molar-refractivity contribution in [1.82, 2.24) is 4.98 Å². The third kappa shape index (κ3) is 6.47. The van der Waals surface area contributed by atoms with Crippen LogP contribution in [-0.4, -0.2) is 4.98 Å². The Labute approximate surface area is 173 Å². The lowest BCUT2D eigenvalue weighted by atomic mass is 9.77. The molecule has 1 fully saturated rings. The first-order valence-electron chi connectivity index (χ1n) is 11.8. The predicted octanol–water partition coefficient (Wildman–Crippen LogP) is 8.02. The fraction of sp³-hybridized carbons (Fsp3) is 0.593. The number of hydrogen-bond acceptors (Lipinski definition) is 1. The van der Waals surface area contributed by atoms with E-state index in [2.05, 4.69) is 56.4 Å². The first-order valence-corrected chi connectivity index (χ1v) is 11.8. The minimum absolute atomic E-state index is 0.936. The number of rotatable bonds is 10. The highest BCUT2D eigenvalue weighted by Gasteiger charge is 2.21. The fourth-order valence-corrected chi connectivity index (χ4v) is 4.76. The number of nitrogens with zero attached hydrogens (tertiary/aromatic N) is 1. The average Bonchev–Trinajstić information content (AvgIpc) is 2.76. The van der Waals surface area contributed by atoms with Crippen LogP contribution in [0.1, 0.15) is 89.2 Å². The lowest BCUT2D eigenvalue weighted by Gasteiger charge is -2.29. The van der Waals surface area contributed by atoms with E-state index in [0.29, 0.717) is 0 Å². The summed E-state index contributed by atoms with van der Waals surface area (Å²) in [7, 11) is 0. The van der Waals surface area contributed by atoms with Gasteiger partial charge in [-0.05, 0) is 61.1 Å². The van der Waals surface area contributed by atoms with Crippen molar-refractivity contribution in [3.8, 4) is 11.3 Å². The number of pyridine rings is 1. The molecule has 1 heteroatoms. The van der Waals surface area contributed by atoms with Crippen LogP contribution in [0.2, 0.25) is 0 Å². The van der Waals surface area contributed by atoms with Crippen molar-refractivity contribution in [1.29, 1.82) is 0 Å². The molecule has 1 nitrogen and oxygen atoms in total. The van der Waals surface area contributed by atoms with Crippen LogP contribution in [0.4, 0.5) is 0 Å². The van der Waals surface area contributed by atoms with Gasteiger partial charge < -0.3 is 0 Å². The van der Waals surface area contributed by atoms with Gasteiger partial charge in [-0.15, -0.1) is 0 Å². The lowest BCUT2D eigenvalue weighted by molar-refractivity contribution is 0.240. The summed E-state index contributed by atoms with van der Waals surface area (Å²) in [6, 6.07) is 13.5. The summed E-state index contributed by atoms with van der Waals surface area (Å²) in [4.78, 5) is 4.76. The summed E-state index contributed by atoms with van der Waals surface area (Å²) >= 11 is 0. The largest absolute Gasteiger partial charge is 0.256 e. The van der Waals surface area contributed by atoms with Crippen LogP contribution in [-0.2, 0) is 12.8 Å². The van der Waals surface area contributed by atoms with Crippen LogP contribution in [0.25, 0.3) is 11.3 Å². The van der Waals surface area contributed by atoms with Gasteiger partial charge in [0.2, 0.25) is 0 Å². The van der Waals surface area contributed by atoms with E-state index >= 15 is 0 Å². The summed E-state index contributed by atoms with van der Waals surface area (Å²) in [6.45, 7) is 4.57. The molecule has 0 radical (unpaired) electrons. The van der Waals surface area contributed by atoms with Crippen LogP contribution in [0.5, 0.6) is 0 Å². The molecular weight excluding hydrogens is 338 g/mol. The molecule has 1 heterocycles. The Balaban J connectivity index is 1.49. The Morgan fingerprint density at radius 3 is 2.18 bits per heavy atom. The van der Waals surface area contributed by atoms with Crippen molar-refractivity contribution < 1.29 is 0 Å². The molecule has 1 aliphatic carbocycles. The molecule has 0 bridgehead atoms. The third-order valence-corrected chi connectivity index (χ3v) is 6.59. The van der Waals surface area contributed by atoms with Gasteiger partial charge in [0.25, 0.3) is 0 Å². The highest BCUT2D eigenvalue weighted by Crippen LogP contribution is 2.34. The van der Waals surface area contributed by atoms with Crippen LogP contribution in [0.3, 0.4) is 0 Å². The van der Waals surface area contributed by atoms with Crippen molar-refractivity contribution in [2.75, 3.05) is 0 Å². The molecule has 1 saturated carbocycles. The predicted molar refractivity (Wildman–Crippen MR) is 122 cm³/mol. The van der Waals surface area contributed by atoms with Crippen molar-refractivity contribution in [2.45, 2.75) is 90.9 Å². The molecule has 2 unspecified atom stereocenters. The second-order valence-corrected chi connectivity index (χ2v) is 8.93. The summed E-state index contributed by atoms with van der Waals surface area (Å²) in [5.41, 5.74) is 5.17. The number of hydrogen-bond donors (Lipinski definition) is 0. The highest BCUT2D eigenvalue weighted by atomic mass is 14.7. The standard InChI is InChI=1S/C27H39N/c1-3-5-8-22-14-17-26(18-15-22)27-19-16-25(21-28-27)13-12-24-11-7-10-23(20-24)9-6-4-2/h14-19,21,23-24H,3-13,20H2,1-2H3. The molecule has 1 aromatic carbocycles. The Kier molecular flexibility index (Phi) is 8.58. The minimum Gasteiger partial charge on any atom is -0.256 e. The van der Waals surface area contributed by atoms with Gasteiger partial charge in [0.1, 0.15) is 0 Å². The number of aryl methyl sites for hydroxylation is 2. The Morgan fingerprint density at radius 2 is 1.50 bits per heavy atom. The maximum absolute atomic E-state index is 4.76. The zero-order valence-corrected chi connectivity index (χ0v) is 18.1. The van der Waals surface area contributed by atoms with Gasteiger partial charge >= 0.3 is 0 Å². The second-order valence-electron chi connectivity index (χ2n) is 8.93. The van der Waals surface area contributed by atoms with E-state index in [-0.39, 0.29) is 0 Å². The number of unbranched alkanes of at least 4 members (excludes halogenated alkanes) is 2. The first kappa shape index (κ1) is 21.1. The van der Waals surface area contributed by atoms with E-state index in [1.54, 1.807) is 0 Å². The number of benzene rings is 1. The smallest absolute Gasteiger partial charge is 0.0702 e. The van der Waals surface area contributed by atoms with Gasteiger partial charge in [0.15, 0.2) is 0 Å². The van der Waals surface area contributed by atoms with Gasteiger partial charge in [0, 0.05) is 11.8 Å². The van der Waals surface area contributed by atoms with E-state index in [1.807, 2.05) is 0 Å². The van der Waals surface area contributed by atoms with Crippen molar-refractivity contribution >= 4 is 0 Å². The molecule has 2 atom stereocenters. The van der Waals surface area contributed by atoms with Gasteiger partial charge in [-0.25, -0.2) is 0 Å². The van der Waals surface area contributed by atoms with E-state index in [4.69, 9.17) is 4.98 Å². The van der Waals surface area contributed by atoms with E-state index in [9.17, 15) is 0 Å². The van der Waals surface area contributed by atoms with E-state index < -0.39 is 0 Å². The molecule has 0 amide bonds. The van der Waals surface area contributed by atoms with Gasteiger partial charge in [-0.2, -0.15) is 0 Å². The van der Waals surface area contributed by atoms with Crippen LogP contribution in [0.15, 0.2) is 42.6 Å². The molecule has 152 valence electrons. The molecule has 0 N–H and O–H groups in total. The zero-order chi connectivity index (χ0) is 19.6. The maximum atomic E-state index is 4.76. The average molecular weight is 378 g/mol. The van der Waals surface area contributed by atoms with Crippen molar-refractivity contribution in [2.24, 2.45) is 11.8 Å². The van der Waals surface area contributed by atoms with Gasteiger partial charge in [-0.1, -0.05) is 89.1 Å². The molecule has 3 rings (SSSR count). The Morgan fingerprint density at radius 1 is 0.786 bits per heavy atom. The van der Waals surface area contributed by atoms with Crippen LogP contribution in [0, 0.1) is 11.8 Å². The quantitative estimate of drug-likeness (QED) is 0.408. The molecule has 0 spiro atoms. The summed E-state index contributed by atoms with van der Waals surface area (Å²) < 4.78 is 0. The topological polar surface area (TPSA) is 12.9 Å². The second kappa shape index (κ2) is 11.4. The first-order chi connectivity index (χ1) is 13.8. The zero-order valence-electron chi connectivity index (χ0n) is 18.1. The highest BCUT2D eigenvalue weighted by molar-refractivity contribution is 5.59. The van der Waals surface area contributed by atoms with Crippen molar-refractivity contribution in [3.05, 3.63) is 53.7 Å². The van der Waals surface area contributed by atoms with Crippen LogP contribution >= 0.6 is 0 Å². The number of aromatic nitrogens is 1.